The van der Waals surface area contributed by atoms with Gasteiger partial charge in [-0.2, -0.15) is 13.2 Å². The molecule has 0 aromatic heterocycles. The molecule has 5 rings (SSSR count). The zero-order chi connectivity index (χ0) is 25.1. The van der Waals surface area contributed by atoms with Crippen LogP contribution in [0, 0.1) is 17.7 Å². The van der Waals surface area contributed by atoms with Gasteiger partial charge in [-0.15, -0.1) is 0 Å². The third-order valence-electron chi connectivity index (χ3n) is 7.11. The summed E-state index contributed by atoms with van der Waals surface area (Å²) in [5.74, 6) is -1.63. The molecular weight excluding hydrogens is 484 g/mol. The lowest BCUT2D eigenvalue weighted by Crippen LogP contribution is -2.49. The molecule has 1 unspecified atom stereocenters. The van der Waals surface area contributed by atoms with Crippen LogP contribution in [0.1, 0.15) is 53.2 Å². The van der Waals surface area contributed by atoms with Crippen LogP contribution in [0.4, 0.5) is 17.6 Å². The van der Waals surface area contributed by atoms with E-state index in [4.69, 9.17) is 0 Å². The normalized spacial score (nSPS) is 25.1. The van der Waals surface area contributed by atoms with Gasteiger partial charge in [-0.1, -0.05) is 12.1 Å². The molecule has 0 bridgehead atoms. The first-order valence-electron chi connectivity index (χ1n) is 11.5. The first kappa shape index (κ1) is 24.1. The van der Waals surface area contributed by atoms with Crippen LogP contribution >= 0.6 is 0 Å². The number of hydrogen-bond donors (Lipinski definition) is 1. The lowest BCUT2D eigenvalue weighted by atomic mass is 9.99. The van der Waals surface area contributed by atoms with Crippen LogP contribution in [0.3, 0.4) is 0 Å². The summed E-state index contributed by atoms with van der Waals surface area (Å²) >= 11 is -1.27. The molecule has 2 aliphatic carbocycles. The molecule has 5 nitrogen and oxygen atoms in total. The number of amides is 2. The van der Waals surface area contributed by atoms with E-state index >= 15 is 0 Å². The number of carbonyl (C=O) groups is 2. The number of fused-ring (bicyclic) bond motifs is 1. The lowest BCUT2D eigenvalue weighted by Gasteiger charge is -2.29. The van der Waals surface area contributed by atoms with Gasteiger partial charge in [0.05, 0.1) is 11.6 Å². The van der Waals surface area contributed by atoms with Crippen molar-refractivity contribution in [2.24, 2.45) is 11.8 Å². The lowest BCUT2D eigenvalue weighted by molar-refractivity contribution is -0.137. The van der Waals surface area contributed by atoms with Gasteiger partial charge in [-0.25, -0.2) is 4.39 Å². The van der Waals surface area contributed by atoms with Crippen molar-refractivity contribution in [1.29, 1.82) is 0 Å². The molecule has 2 aromatic rings. The highest BCUT2D eigenvalue weighted by Crippen LogP contribution is 2.49. The third kappa shape index (κ3) is 4.78. The maximum absolute atomic E-state index is 14.7. The highest BCUT2D eigenvalue weighted by Gasteiger charge is 2.56. The molecule has 3 aliphatic rings. The van der Waals surface area contributed by atoms with E-state index in [9.17, 15) is 31.7 Å². The Morgan fingerprint density at radius 1 is 1.14 bits per heavy atom. The number of hydrogen-bond acceptors (Lipinski definition) is 3. The Labute approximate surface area is 203 Å². The standard InChI is InChI=1S/C25H24F4N2O3S/c1-35(34)17-4-2-3-14(9-17)24(33)31-20-10-15(20)11-21(31)23(32)30-22(13-5-6-13)18-8-7-16(12-19(18)26)25(27,28)29/h2-4,7-9,12-13,15,20-22H,5-6,10-11H2,1H3,(H,30,32)/t15-,20-,21-,22-,35?/m1/s1. The molecule has 2 saturated carbocycles. The Hall–Kier alpha value is -2.59. The van der Waals surface area contributed by atoms with E-state index < -0.39 is 46.7 Å². The van der Waals surface area contributed by atoms with Crippen molar-refractivity contribution in [3.63, 3.8) is 0 Å². The van der Waals surface area contributed by atoms with Gasteiger partial charge in [0.2, 0.25) is 5.91 Å². The van der Waals surface area contributed by atoms with E-state index in [1.807, 2.05) is 0 Å². The van der Waals surface area contributed by atoms with E-state index in [1.165, 1.54) is 6.26 Å². The minimum Gasteiger partial charge on any atom is -0.612 e. The van der Waals surface area contributed by atoms with E-state index in [1.54, 1.807) is 29.2 Å². The van der Waals surface area contributed by atoms with E-state index in [2.05, 4.69) is 5.32 Å². The van der Waals surface area contributed by atoms with Gasteiger partial charge >= 0.3 is 6.18 Å². The number of piperidine rings is 1. The Bertz CT molecular complexity index is 1170. The predicted octanol–water partition coefficient (Wildman–Crippen LogP) is 4.45. The summed E-state index contributed by atoms with van der Waals surface area (Å²) in [4.78, 5) is 28.7. The fraction of sp³-hybridized carbons (Fsp3) is 0.440. The minimum atomic E-state index is -4.66. The van der Waals surface area contributed by atoms with Gasteiger partial charge in [0.1, 0.15) is 18.1 Å². The van der Waals surface area contributed by atoms with Gasteiger partial charge < -0.3 is 14.8 Å². The summed E-state index contributed by atoms with van der Waals surface area (Å²) in [5, 5.41) is 2.84. The van der Waals surface area contributed by atoms with Crippen LogP contribution in [-0.4, -0.2) is 39.6 Å². The molecule has 0 spiro atoms. The van der Waals surface area contributed by atoms with Crippen molar-refractivity contribution in [3.05, 3.63) is 65.0 Å². The van der Waals surface area contributed by atoms with E-state index in [0.29, 0.717) is 22.9 Å². The largest absolute Gasteiger partial charge is 0.612 e. The van der Waals surface area contributed by atoms with E-state index in [0.717, 1.165) is 31.4 Å². The molecule has 2 amide bonds. The maximum Gasteiger partial charge on any atom is 0.416 e. The molecule has 3 fully saturated rings. The van der Waals surface area contributed by atoms with Gasteiger partial charge in [0.25, 0.3) is 5.91 Å². The number of nitrogens with zero attached hydrogens (tertiary/aromatic N) is 1. The zero-order valence-corrected chi connectivity index (χ0v) is 19.7. The fourth-order valence-corrected chi connectivity index (χ4v) is 5.59. The second-order valence-corrected chi connectivity index (χ2v) is 10.9. The van der Waals surface area contributed by atoms with Gasteiger partial charge in [0.15, 0.2) is 4.90 Å². The molecule has 1 aliphatic heterocycles. The average Bonchev–Trinajstić information content (AvgIpc) is 3.74. The van der Waals surface area contributed by atoms with Gasteiger partial charge in [-0.05, 0) is 73.0 Å². The average molecular weight is 509 g/mol. The SMILES string of the molecule is C[S+]([O-])c1cccc(C(=O)N2[C@@H](C(=O)N[C@@H](c3ccc(C(F)(F)F)cc3F)C3CC3)C[C@H]3C[C@H]32)c1. The third-order valence-corrected chi connectivity index (χ3v) is 8.03. The highest BCUT2D eigenvalue weighted by atomic mass is 32.2. The molecule has 1 N–H and O–H groups in total. The number of halogens is 4. The minimum absolute atomic E-state index is 0.0213. The Morgan fingerprint density at radius 2 is 1.89 bits per heavy atom. The number of carbonyl (C=O) groups excluding carboxylic acids is 2. The summed E-state index contributed by atoms with van der Waals surface area (Å²) in [6.45, 7) is 0. The molecular formula is C25H24F4N2O3S. The molecule has 1 heterocycles. The second kappa shape index (κ2) is 8.81. The Kier molecular flexibility index (Phi) is 6.07. The molecule has 1 saturated heterocycles. The van der Waals surface area contributed by atoms with Gasteiger partial charge in [-0.3, -0.25) is 9.59 Å². The first-order chi connectivity index (χ1) is 16.5. The monoisotopic (exact) mass is 508 g/mol. The van der Waals surface area contributed by atoms with Gasteiger partial charge in [0, 0.05) is 23.2 Å². The van der Waals surface area contributed by atoms with E-state index in [-0.39, 0.29) is 29.3 Å². The highest BCUT2D eigenvalue weighted by molar-refractivity contribution is 7.90. The van der Waals surface area contributed by atoms with Crippen LogP contribution in [0.15, 0.2) is 47.4 Å². The van der Waals surface area contributed by atoms with Crippen LogP contribution in [-0.2, 0) is 22.1 Å². The van der Waals surface area contributed by atoms with Crippen molar-refractivity contribution in [2.75, 3.05) is 6.26 Å². The first-order valence-corrected chi connectivity index (χ1v) is 13.0. The number of alkyl halides is 3. The van der Waals surface area contributed by atoms with Crippen molar-refractivity contribution < 1.29 is 31.7 Å². The molecule has 5 atom stereocenters. The fourth-order valence-electron chi connectivity index (χ4n) is 5.02. The Balaban J connectivity index is 1.36. The van der Waals surface area contributed by atoms with Crippen molar-refractivity contribution in [1.82, 2.24) is 10.2 Å². The smallest absolute Gasteiger partial charge is 0.416 e. The van der Waals surface area contributed by atoms with Crippen molar-refractivity contribution in [3.8, 4) is 0 Å². The molecule has 2 aromatic carbocycles. The molecule has 10 heteroatoms. The zero-order valence-electron chi connectivity index (χ0n) is 18.8. The maximum atomic E-state index is 14.7. The number of benzene rings is 2. The van der Waals surface area contributed by atoms with Crippen molar-refractivity contribution >= 4 is 23.0 Å². The Morgan fingerprint density at radius 3 is 2.51 bits per heavy atom. The molecule has 35 heavy (non-hydrogen) atoms. The van der Waals surface area contributed by atoms with Crippen LogP contribution in [0.25, 0.3) is 0 Å². The van der Waals surface area contributed by atoms with Crippen LogP contribution in [0.5, 0.6) is 0 Å². The second-order valence-electron chi connectivity index (χ2n) is 9.57. The summed E-state index contributed by atoms with van der Waals surface area (Å²) in [5.41, 5.74) is -0.717. The number of rotatable bonds is 6. The summed E-state index contributed by atoms with van der Waals surface area (Å²) in [6, 6.07) is 7.30. The number of likely N-dealkylation sites (tertiary alicyclic amines) is 1. The molecule has 186 valence electrons. The predicted molar refractivity (Wildman–Crippen MR) is 120 cm³/mol. The summed E-state index contributed by atoms with van der Waals surface area (Å²) in [6.07, 6.45) is -0.408. The summed E-state index contributed by atoms with van der Waals surface area (Å²) in [7, 11) is 0. The van der Waals surface area contributed by atoms with Crippen LogP contribution in [0.2, 0.25) is 0 Å². The summed E-state index contributed by atoms with van der Waals surface area (Å²) < 4.78 is 65.4. The van der Waals surface area contributed by atoms with Crippen molar-refractivity contribution in [2.45, 2.75) is 54.9 Å². The number of nitrogens with one attached hydrogen (secondary N) is 1. The molecule has 0 radical (unpaired) electrons. The van der Waals surface area contributed by atoms with Crippen LogP contribution < -0.4 is 5.32 Å². The topological polar surface area (TPSA) is 72.5 Å². The quantitative estimate of drug-likeness (QED) is 0.463.